The van der Waals surface area contributed by atoms with Gasteiger partial charge in [0.15, 0.2) is 0 Å². The zero-order valence-corrected chi connectivity index (χ0v) is 14.1. The third-order valence-electron chi connectivity index (χ3n) is 5.07. The summed E-state index contributed by atoms with van der Waals surface area (Å²) in [6, 6.07) is 0. The summed E-state index contributed by atoms with van der Waals surface area (Å²) in [5.41, 5.74) is 3.29. The lowest BCUT2D eigenvalue weighted by atomic mass is 9.73. The van der Waals surface area contributed by atoms with Crippen LogP contribution < -0.4 is 0 Å². The van der Waals surface area contributed by atoms with E-state index < -0.39 is 0 Å². The molecule has 0 aromatic carbocycles. The quantitative estimate of drug-likeness (QED) is 0.915. The summed E-state index contributed by atoms with van der Waals surface area (Å²) in [4.78, 5) is 22.1. The first-order valence-electron chi connectivity index (χ1n) is 8.12. The van der Waals surface area contributed by atoms with Crippen LogP contribution in [0.2, 0.25) is 0 Å². The molecule has 2 saturated heterocycles. The van der Waals surface area contributed by atoms with Gasteiger partial charge in [0, 0.05) is 42.9 Å². The van der Waals surface area contributed by atoms with Gasteiger partial charge in [-0.15, -0.1) is 11.3 Å². The highest BCUT2D eigenvalue weighted by Crippen LogP contribution is 2.39. The van der Waals surface area contributed by atoms with Crippen LogP contribution in [0, 0.1) is 12.3 Å². The van der Waals surface area contributed by atoms with E-state index in [1.165, 1.54) is 17.7 Å². The fourth-order valence-electron chi connectivity index (χ4n) is 3.89. The third-order valence-corrected chi connectivity index (χ3v) is 5.99. The molecule has 1 amide bonds. The number of rotatable bonds is 4. The molecule has 0 saturated carbocycles. The Balaban J connectivity index is 1.66. The van der Waals surface area contributed by atoms with E-state index in [0.29, 0.717) is 13.0 Å². The summed E-state index contributed by atoms with van der Waals surface area (Å²) in [5, 5.41) is 9.17. The van der Waals surface area contributed by atoms with Gasteiger partial charge in [0.2, 0.25) is 5.91 Å². The molecular formula is C16H25N3O2S. The van der Waals surface area contributed by atoms with Crippen molar-refractivity contribution < 1.29 is 9.90 Å². The Hall–Kier alpha value is -0.980. The van der Waals surface area contributed by atoms with Gasteiger partial charge in [-0.3, -0.25) is 9.69 Å². The van der Waals surface area contributed by atoms with Crippen molar-refractivity contribution in [3.63, 3.8) is 0 Å². The molecule has 5 nitrogen and oxygen atoms in total. The molecule has 1 atom stereocenters. The lowest BCUT2D eigenvalue weighted by molar-refractivity contribution is -0.140. The maximum atomic E-state index is 12.0. The molecule has 22 heavy (non-hydrogen) atoms. The number of β-amino-alcohol motifs (C(OH)–C–C–N with tert-alkyl or cyclic N) is 1. The molecule has 2 fully saturated rings. The fourth-order valence-corrected chi connectivity index (χ4v) is 4.70. The highest BCUT2D eigenvalue weighted by atomic mass is 32.1. The van der Waals surface area contributed by atoms with Crippen molar-refractivity contribution in [2.75, 3.05) is 32.8 Å². The number of aliphatic hydroxyl groups excluding tert-OH is 1. The Morgan fingerprint density at radius 1 is 1.41 bits per heavy atom. The molecule has 1 aromatic rings. The summed E-state index contributed by atoms with van der Waals surface area (Å²) in [6.45, 7) is 6.59. The van der Waals surface area contributed by atoms with Crippen LogP contribution in [-0.4, -0.2) is 58.6 Å². The van der Waals surface area contributed by atoms with Crippen LogP contribution in [0.5, 0.6) is 0 Å². The van der Waals surface area contributed by atoms with E-state index in [1.807, 2.05) is 10.4 Å². The van der Waals surface area contributed by atoms with E-state index in [2.05, 4.69) is 16.8 Å². The molecule has 1 unspecified atom stereocenters. The van der Waals surface area contributed by atoms with Crippen molar-refractivity contribution in [1.82, 2.24) is 14.8 Å². The van der Waals surface area contributed by atoms with Crippen molar-refractivity contribution >= 4 is 17.2 Å². The largest absolute Gasteiger partial charge is 0.395 e. The lowest BCUT2D eigenvalue weighted by Gasteiger charge is -2.48. The van der Waals surface area contributed by atoms with E-state index in [1.54, 1.807) is 11.3 Å². The Morgan fingerprint density at radius 2 is 2.27 bits per heavy atom. The second-order valence-corrected chi connectivity index (χ2v) is 7.65. The topological polar surface area (TPSA) is 56.7 Å². The lowest BCUT2D eigenvalue weighted by Crippen LogP contribution is -2.54. The summed E-state index contributed by atoms with van der Waals surface area (Å²) < 4.78 is 0. The van der Waals surface area contributed by atoms with Gasteiger partial charge in [0.1, 0.15) is 0 Å². The van der Waals surface area contributed by atoms with Crippen LogP contribution in [0.15, 0.2) is 5.51 Å². The van der Waals surface area contributed by atoms with Crippen LogP contribution in [-0.2, 0) is 11.3 Å². The average Bonchev–Trinajstić information content (AvgIpc) is 2.89. The van der Waals surface area contributed by atoms with E-state index in [4.69, 9.17) is 5.11 Å². The van der Waals surface area contributed by atoms with Crippen LogP contribution >= 0.6 is 11.3 Å². The molecule has 0 aliphatic carbocycles. The smallest absolute Gasteiger partial charge is 0.222 e. The number of amides is 1. The van der Waals surface area contributed by atoms with Crippen molar-refractivity contribution in [3.05, 3.63) is 16.1 Å². The van der Waals surface area contributed by atoms with E-state index >= 15 is 0 Å². The first-order chi connectivity index (χ1) is 10.6. The molecule has 3 rings (SSSR count). The third kappa shape index (κ3) is 3.34. The second kappa shape index (κ2) is 6.64. The highest BCUT2D eigenvalue weighted by Gasteiger charge is 2.41. The zero-order valence-electron chi connectivity index (χ0n) is 13.3. The number of piperidine rings is 2. The Kier molecular flexibility index (Phi) is 4.80. The van der Waals surface area contributed by atoms with Crippen LogP contribution in [0.4, 0.5) is 0 Å². The minimum Gasteiger partial charge on any atom is -0.395 e. The van der Waals surface area contributed by atoms with Crippen molar-refractivity contribution in [2.24, 2.45) is 5.41 Å². The van der Waals surface area contributed by atoms with Crippen molar-refractivity contribution in [2.45, 2.75) is 39.2 Å². The van der Waals surface area contributed by atoms with Crippen molar-refractivity contribution in [3.8, 4) is 0 Å². The number of carbonyl (C=O) groups is 1. The number of hydrogen-bond acceptors (Lipinski definition) is 5. The summed E-state index contributed by atoms with van der Waals surface area (Å²) in [5.74, 6) is 0.204. The Bertz CT molecular complexity index is 533. The molecule has 2 aliphatic heterocycles. The number of aromatic nitrogens is 1. The van der Waals surface area contributed by atoms with Gasteiger partial charge in [0.25, 0.3) is 0 Å². The number of aryl methyl sites for hydroxylation is 1. The summed E-state index contributed by atoms with van der Waals surface area (Å²) in [6.07, 6.45) is 4.01. The van der Waals surface area contributed by atoms with Gasteiger partial charge in [0.05, 0.1) is 17.8 Å². The molecule has 1 aromatic heterocycles. The molecule has 1 N–H and O–H groups in total. The summed E-state index contributed by atoms with van der Waals surface area (Å²) >= 11 is 1.74. The minimum absolute atomic E-state index is 0.0611. The zero-order chi connectivity index (χ0) is 15.6. The van der Waals surface area contributed by atoms with Gasteiger partial charge in [-0.25, -0.2) is 4.98 Å². The number of hydrogen-bond donors (Lipinski definition) is 1. The normalized spacial score (nSPS) is 26.8. The van der Waals surface area contributed by atoms with Gasteiger partial charge in [-0.1, -0.05) is 0 Å². The van der Waals surface area contributed by atoms with E-state index in [9.17, 15) is 4.79 Å². The Morgan fingerprint density at radius 3 is 3.00 bits per heavy atom. The number of nitrogens with zero attached hydrogens (tertiary/aromatic N) is 3. The van der Waals surface area contributed by atoms with Gasteiger partial charge < -0.3 is 10.0 Å². The van der Waals surface area contributed by atoms with Crippen molar-refractivity contribution in [1.29, 1.82) is 0 Å². The number of likely N-dealkylation sites (tertiary alicyclic amines) is 2. The SMILES string of the molecule is Cc1ncsc1CN1CCCC2(CCC(=O)N(CCO)C2)C1. The predicted octanol–water partition coefficient (Wildman–Crippen LogP) is 1.65. The molecule has 0 radical (unpaired) electrons. The number of carbonyl (C=O) groups excluding carboxylic acids is 1. The molecular weight excluding hydrogens is 298 g/mol. The van der Waals surface area contributed by atoms with E-state index in [0.717, 1.165) is 38.3 Å². The standard InChI is InChI=1S/C16H25N3O2S/c1-13-14(22-12-17-13)9-18-6-2-4-16(10-18)5-3-15(21)19(11-16)7-8-20/h12,20H,2-11H2,1H3. The summed E-state index contributed by atoms with van der Waals surface area (Å²) in [7, 11) is 0. The van der Waals surface area contributed by atoms with Gasteiger partial charge in [-0.05, 0) is 32.7 Å². The van der Waals surface area contributed by atoms with Crippen LogP contribution in [0.1, 0.15) is 36.3 Å². The first-order valence-corrected chi connectivity index (χ1v) is 9.00. The number of aliphatic hydroxyl groups is 1. The highest BCUT2D eigenvalue weighted by molar-refractivity contribution is 7.09. The molecule has 122 valence electrons. The first kappa shape index (κ1) is 15.9. The molecule has 6 heteroatoms. The molecule has 1 spiro atoms. The Labute approximate surface area is 135 Å². The van der Waals surface area contributed by atoms with E-state index in [-0.39, 0.29) is 17.9 Å². The molecule has 3 heterocycles. The average molecular weight is 323 g/mol. The van der Waals surface area contributed by atoms with Crippen LogP contribution in [0.25, 0.3) is 0 Å². The molecule has 2 aliphatic rings. The molecule has 0 bridgehead atoms. The monoisotopic (exact) mass is 323 g/mol. The van der Waals surface area contributed by atoms with Gasteiger partial charge >= 0.3 is 0 Å². The number of thiazole rings is 1. The van der Waals surface area contributed by atoms with Crippen LogP contribution in [0.3, 0.4) is 0 Å². The maximum Gasteiger partial charge on any atom is 0.222 e. The fraction of sp³-hybridized carbons (Fsp3) is 0.750. The maximum absolute atomic E-state index is 12.0. The predicted molar refractivity (Wildman–Crippen MR) is 86.7 cm³/mol. The van der Waals surface area contributed by atoms with Gasteiger partial charge in [-0.2, -0.15) is 0 Å². The second-order valence-electron chi connectivity index (χ2n) is 6.71. The minimum atomic E-state index is 0.0611.